The van der Waals surface area contributed by atoms with Crippen molar-refractivity contribution in [1.82, 2.24) is 15.0 Å². The molecule has 0 aliphatic carbocycles. The van der Waals surface area contributed by atoms with Gasteiger partial charge in [-0.3, -0.25) is 9.97 Å². The van der Waals surface area contributed by atoms with Crippen molar-refractivity contribution in [3.63, 3.8) is 0 Å². The van der Waals surface area contributed by atoms with Crippen molar-refractivity contribution in [2.75, 3.05) is 0 Å². The van der Waals surface area contributed by atoms with Gasteiger partial charge in [-0.2, -0.15) is 0 Å². The number of nitrogens with zero attached hydrogens (tertiary/aromatic N) is 3. The van der Waals surface area contributed by atoms with Crippen LogP contribution in [0.2, 0.25) is 0 Å². The summed E-state index contributed by atoms with van der Waals surface area (Å²) in [4.78, 5) is 13.2. The van der Waals surface area contributed by atoms with Gasteiger partial charge in [0, 0.05) is 17.8 Å². The number of rotatable bonds is 4. The van der Waals surface area contributed by atoms with E-state index in [9.17, 15) is 0 Å². The van der Waals surface area contributed by atoms with Crippen molar-refractivity contribution in [3.05, 3.63) is 28.5 Å². The molecule has 5 heteroatoms. The lowest BCUT2D eigenvalue weighted by Gasteiger charge is -2.23. The molecular weight excluding hydrogens is 244 g/mol. The van der Waals surface area contributed by atoms with E-state index >= 15 is 0 Å². The van der Waals surface area contributed by atoms with Gasteiger partial charge in [0.15, 0.2) is 0 Å². The van der Waals surface area contributed by atoms with E-state index in [-0.39, 0.29) is 5.54 Å². The van der Waals surface area contributed by atoms with Crippen molar-refractivity contribution in [2.24, 2.45) is 5.73 Å². The predicted octanol–water partition coefficient (Wildman–Crippen LogP) is 2.88. The first kappa shape index (κ1) is 13.1. The average molecular weight is 262 g/mol. The molecule has 2 heterocycles. The van der Waals surface area contributed by atoms with E-state index < -0.39 is 0 Å². The molecule has 0 unspecified atom stereocenters. The van der Waals surface area contributed by atoms with Gasteiger partial charge in [-0.1, -0.05) is 13.8 Å². The number of nitrogens with two attached hydrogens (primary N) is 1. The largest absolute Gasteiger partial charge is 0.319 e. The number of thiazole rings is 1. The Kier molecular flexibility index (Phi) is 3.73. The van der Waals surface area contributed by atoms with Gasteiger partial charge in [0.1, 0.15) is 16.4 Å². The molecule has 0 amide bonds. The zero-order chi connectivity index (χ0) is 13.2. The van der Waals surface area contributed by atoms with E-state index in [0.717, 1.165) is 34.9 Å². The lowest BCUT2D eigenvalue weighted by molar-refractivity contribution is 0.411. The van der Waals surface area contributed by atoms with Crippen LogP contribution in [0.3, 0.4) is 0 Å². The van der Waals surface area contributed by atoms with Crippen LogP contribution in [0.5, 0.6) is 0 Å². The Hall–Kier alpha value is -1.33. The van der Waals surface area contributed by atoms with E-state index in [1.807, 2.05) is 12.3 Å². The molecule has 0 spiro atoms. The third-order valence-electron chi connectivity index (χ3n) is 3.32. The monoisotopic (exact) mass is 262 g/mol. The van der Waals surface area contributed by atoms with Gasteiger partial charge in [0.05, 0.1) is 11.2 Å². The Balaban J connectivity index is 2.40. The Labute approximate surface area is 111 Å². The highest BCUT2D eigenvalue weighted by Crippen LogP contribution is 2.31. The number of aromatic nitrogens is 3. The van der Waals surface area contributed by atoms with E-state index in [1.54, 1.807) is 23.7 Å². The number of hydrogen-bond donors (Lipinski definition) is 1. The summed E-state index contributed by atoms with van der Waals surface area (Å²) in [6, 6.07) is 0. The quantitative estimate of drug-likeness (QED) is 0.920. The van der Waals surface area contributed by atoms with Crippen molar-refractivity contribution in [1.29, 1.82) is 0 Å². The third kappa shape index (κ3) is 2.28. The number of aryl methyl sites for hydroxylation is 1. The smallest absolute Gasteiger partial charge is 0.113 e. The maximum atomic E-state index is 6.36. The van der Waals surface area contributed by atoms with Crippen molar-refractivity contribution in [2.45, 2.75) is 39.2 Å². The molecule has 0 aliphatic rings. The summed E-state index contributed by atoms with van der Waals surface area (Å²) in [5.74, 6) is 0. The Morgan fingerprint density at radius 3 is 2.50 bits per heavy atom. The average Bonchev–Trinajstić information content (AvgIpc) is 2.88. The first-order valence-corrected chi connectivity index (χ1v) is 7.01. The minimum Gasteiger partial charge on any atom is -0.319 e. The molecule has 4 nitrogen and oxygen atoms in total. The Bertz CT molecular complexity index is 531. The van der Waals surface area contributed by atoms with Gasteiger partial charge in [0.25, 0.3) is 0 Å². The van der Waals surface area contributed by atoms with Crippen LogP contribution in [0.25, 0.3) is 11.4 Å². The second-order valence-electron chi connectivity index (χ2n) is 4.39. The van der Waals surface area contributed by atoms with E-state index in [1.165, 1.54) is 0 Å². The highest BCUT2D eigenvalue weighted by molar-refractivity contribution is 7.10. The topological polar surface area (TPSA) is 64.7 Å². The molecule has 18 heavy (non-hydrogen) atoms. The molecule has 2 N–H and O–H groups in total. The highest BCUT2D eigenvalue weighted by atomic mass is 32.1. The number of hydrogen-bond acceptors (Lipinski definition) is 5. The van der Waals surface area contributed by atoms with Crippen molar-refractivity contribution in [3.8, 4) is 11.4 Å². The molecule has 0 fully saturated rings. The molecule has 0 bridgehead atoms. The molecule has 0 saturated carbocycles. The lowest BCUT2D eigenvalue weighted by atomic mass is 9.95. The van der Waals surface area contributed by atoms with Gasteiger partial charge < -0.3 is 5.73 Å². The van der Waals surface area contributed by atoms with Gasteiger partial charge >= 0.3 is 0 Å². The maximum absolute atomic E-state index is 6.36. The molecule has 96 valence electrons. The third-order valence-corrected chi connectivity index (χ3v) is 4.38. The fraction of sp³-hybridized carbons (Fsp3) is 0.462. The van der Waals surface area contributed by atoms with Crippen LogP contribution in [0.4, 0.5) is 0 Å². The fourth-order valence-corrected chi connectivity index (χ4v) is 2.88. The Morgan fingerprint density at radius 1 is 1.22 bits per heavy atom. The normalized spacial score (nSPS) is 11.8. The van der Waals surface area contributed by atoms with Gasteiger partial charge in [0.2, 0.25) is 0 Å². The van der Waals surface area contributed by atoms with Crippen LogP contribution in [0.1, 0.15) is 37.4 Å². The molecule has 0 atom stereocenters. The SMILES string of the molecule is CCC(N)(CC)c1nc(-c2nccnc2C)cs1. The Morgan fingerprint density at radius 2 is 1.89 bits per heavy atom. The highest BCUT2D eigenvalue weighted by Gasteiger charge is 2.27. The van der Waals surface area contributed by atoms with Crippen LogP contribution in [0.15, 0.2) is 17.8 Å². The van der Waals surface area contributed by atoms with Crippen molar-refractivity contribution >= 4 is 11.3 Å². The summed E-state index contributed by atoms with van der Waals surface area (Å²) in [6.45, 7) is 6.13. The minimum absolute atomic E-state index is 0.320. The first-order chi connectivity index (χ1) is 8.60. The van der Waals surface area contributed by atoms with Crippen molar-refractivity contribution < 1.29 is 0 Å². The summed E-state index contributed by atoms with van der Waals surface area (Å²) in [5.41, 5.74) is 8.65. The van der Waals surface area contributed by atoms with Crippen LogP contribution in [-0.4, -0.2) is 15.0 Å². The zero-order valence-corrected chi connectivity index (χ0v) is 11.8. The molecule has 2 rings (SSSR count). The molecule has 0 radical (unpaired) electrons. The van der Waals surface area contributed by atoms with Crippen LogP contribution >= 0.6 is 11.3 Å². The van der Waals surface area contributed by atoms with Crippen LogP contribution < -0.4 is 5.73 Å². The molecule has 0 aliphatic heterocycles. The van der Waals surface area contributed by atoms with E-state index in [4.69, 9.17) is 5.73 Å². The van der Waals surface area contributed by atoms with E-state index in [0.29, 0.717) is 0 Å². The molecule has 2 aromatic heterocycles. The second-order valence-corrected chi connectivity index (χ2v) is 5.25. The van der Waals surface area contributed by atoms with E-state index in [2.05, 4.69) is 28.8 Å². The summed E-state index contributed by atoms with van der Waals surface area (Å²) >= 11 is 1.61. The van der Waals surface area contributed by atoms with Gasteiger partial charge in [-0.25, -0.2) is 4.98 Å². The minimum atomic E-state index is -0.320. The predicted molar refractivity (Wildman–Crippen MR) is 74.3 cm³/mol. The second kappa shape index (κ2) is 5.12. The summed E-state index contributed by atoms with van der Waals surface area (Å²) in [7, 11) is 0. The molecule has 0 aromatic carbocycles. The van der Waals surface area contributed by atoms with Crippen LogP contribution in [-0.2, 0) is 5.54 Å². The van der Waals surface area contributed by atoms with Gasteiger partial charge in [-0.15, -0.1) is 11.3 Å². The van der Waals surface area contributed by atoms with Gasteiger partial charge in [-0.05, 0) is 19.8 Å². The maximum Gasteiger partial charge on any atom is 0.113 e. The molecular formula is C13H18N4S. The summed E-state index contributed by atoms with van der Waals surface area (Å²) in [6.07, 6.45) is 5.15. The fourth-order valence-electron chi connectivity index (χ4n) is 1.82. The summed E-state index contributed by atoms with van der Waals surface area (Å²) in [5, 5.41) is 2.99. The lowest BCUT2D eigenvalue weighted by Crippen LogP contribution is -2.34. The first-order valence-electron chi connectivity index (χ1n) is 6.13. The zero-order valence-electron chi connectivity index (χ0n) is 11.0. The standard InChI is InChI=1S/C13H18N4S/c1-4-13(14,5-2)12-17-10(8-18-12)11-9(3)15-6-7-16-11/h6-8H,4-5,14H2,1-3H3. The van der Waals surface area contributed by atoms with Crippen LogP contribution in [0, 0.1) is 6.92 Å². The molecule has 2 aromatic rings. The molecule has 0 saturated heterocycles. The summed E-state index contributed by atoms with van der Waals surface area (Å²) < 4.78 is 0.